The molecule has 0 spiro atoms. The zero-order valence-electron chi connectivity index (χ0n) is 11.8. The van der Waals surface area contributed by atoms with Crippen molar-refractivity contribution in [3.05, 3.63) is 24.3 Å². The molecule has 7 nitrogen and oxygen atoms in total. The molecule has 0 bridgehead atoms. The van der Waals surface area contributed by atoms with Crippen LogP contribution < -0.4 is 10.2 Å². The second-order valence-electron chi connectivity index (χ2n) is 5.24. The number of anilines is 2. The fraction of sp³-hybridized carbons (Fsp3) is 0.333. The Hall–Kier alpha value is -2.88. The highest BCUT2D eigenvalue weighted by molar-refractivity contribution is 6.21. The molecule has 0 radical (unpaired) electrons. The standard InChI is InChI=1S/C15H14N4O3/c16-7-6-13(20)17-10-3-1-4-11(9-10)19-14(21)12-5-2-8-18(12)15(19)22/h1,3-4,9,12H,2,5-6,8H2,(H,17,20). The van der Waals surface area contributed by atoms with Crippen molar-refractivity contribution in [2.75, 3.05) is 16.8 Å². The Balaban J connectivity index is 1.84. The molecule has 2 fully saturated rings. The monoisotopic (exact) mass is 298 g/mol. The third kappa shape index (κ3) is 2.29. The SMILES string of the molecule is N#CCC(=O)Nc1cccc(N2C(=O)C3CCCN3C2=O)c1. The van der Waals surface area contributed by atoms with Gasteiger partial charge in [-0.25, -0.2) is 9.69 Å². The minimum Gasteiger partial charge on any atom is -0.325 e. The lowest BCUT2D eigenvalue weighted by atomic mass is 10.2. The minimum atomic E-state index is -0.431. The molecule has 1 aromatic rings. The topological polar surface area (TPSA) is 93.5 Å². The molecule has 22 heavy (non-hydrogen) atoms. The molecule has 0 aromatic heterocycles. The summed E-state index contributed by atoms with van der Waals surface area (Å²) in [7, 11) is 0. The van der Waals surface area contributed by atoms with Crippen molar-refractivity contribution in [1.29, 1.82) is 5.26 Å². The molecular weight excluding hydrogens is 284 g/mol. The van der Waals surface area contributed by atoms with Gasteiger partial charge in [0.15, 0.2) is 0 Å². The lowest BCUT2D eigenvalue weighted by Crippen LogP contribution is -2.33. The summed E-state index contributed by atoms with van der Waals surface area (Å²) in [5.41, 5.74) is 0.879. The number of amides is 4. The summed E-state index contributed by atoms with van der Waals surface area (Å²) in [6.45, 7) is 0.602. The van der Waals surface area contributed by atoms with Crippen LogP contribution in [0, 0.1) is 11.3 Å². The number of nitrogens with zero attached hydrogens (tertiary/aromatic N) is 3. The van der Waals surface area contributed by atoms with Crippen LogP contribution in [0.2, 0.25) is 0 Å². The van der Waals surface area contributed by atoms with Crippen LogP contribution in [0.15, 0.2) is 24.3 Å². The number of urea groups is 1. The van der Waals surface area contributed by atoms with Gasteiger partial charge in [0.2, 0.25) is 5.91 Å². The Kier molecular flexibility index (Phi) is 3.51. The molecule has 3 rings (SSSR count). The zero-order chi connectivity index (χ0) is 15.7. The Morgan fingerprint density at radius 1 is 1.41 bits per heavy atom. The van der Waals surface area contributed by atoms with E-state index >= 15 is 0 Å². The van der Waals surface area contributed by atoms with Gasteiger partial charge in [-0.1, -0.05) is 6.07 Å². The number of nitrogens with one attached hydrogen (secondary N) is 1. The van der Waals surface area contributed by atoms with Gasteiger partial charge in [0.1, 0.15) is 12.5 Å². The van der Waals surface area contributed by atoms with Crippen molar-refractivity contribution in [3.8, 4) is 6.07 Å². The number of carbonyl (C=O) groups is 3. The average molecular weight is 298 g/mol. The van der Waals surface area contributed by atoms with E-state index in [1.165, 1.54) is 0 Å². The van der Waals surface area contributed by atoms with E-state index in [0.717, 1.165) is 11.3 Å². The van der Waals surface area contributed by atoms with Crippen LogP contribution in [0.3, 0.4) is 0 Å². The highest BCUT2D eigenvalue weighted by Gasteiger charge is 2.47. The largest absolute Gasteiger partial charge is 0.332 e. The Morgan fingerprint density at radius 3 is 2.95 bits per heavy atom. The van der Waals surface area contributed by atoms with Gasteiger partial charge in [-0.05, 0) is 31.0 Å². The van der Waals surface area contributed by atoms with Crippen LogP contribution in [-0.4, -0.2) is 35.3 Å². The van der Waals surface area contributed by atoms with E-state index < -0.39 is 5.91 Å². The van der Waals surface area contributed by atoms with E-state index in [2.05, 4.69) is 5.32 Å². The Labute approximate surface area is 127 Å². The van der Waals surface area contributed by atoms with Crippen LogP contribution in [-0.2, 0) is 9.59 Å². The fourth-order valence-electron chi connectivity index (χ4n) is 2.86. The van der Waals surface area contributed by atoms with Gasteiger partial charge < -0.3 is 10.2 Å². The van der Waals surface area contributed by atoms with Gasteiger partial charge in [0.05, 0.1) is 11.8 Å². The molecule has 0 aliphatic carbocycles. The highest BCUT2D eigenvalue weighted by atomic mass is 16.2. The number of benzene rings is 1. The Bertz CT molecular complexity index is 672. The first-order valence-electron chi connectivity index (χ1n) is 7.03. The first-order valence-corrected chi connectivity index (χ1v) is 7.03. The molecule has 1 aromatic carbocycles. The number of imide groups is 1. The molecule has 2 aliphatic heterocycles. The Morgan fingerprint density at radius 2 is 2.23 bits per heavy atom. The maximum atomic E-state index is 12.4. The van der Waals surface area contributed by atoms with Crippen LogP contribution in [0.4, 0.5) is 16.2 Å². The van der Waals surface area contributed by atoms with E-state index in [4.69, 9.17) is 5.26 Å². The van der Waals surface area contributed by atoms with Crippen LogP contribution >= 0.6 is 0 Å². The van der Waals surface area contributed by atoms with Crippen molar-refractivity contribution < 1.29 is 14.4 Å². The van der Waals surface area contributed by atoms with Gasteiger partial charge >= 0.3 is 6.03 Å². The van der Waals surface area contributed by atoms with Crippen LogP contribution in [0.5, 0.6) is 0 Å². The van der Waals surface area contributed by atoms with E-state index in [1.807, 2.05) is 0 Å². The molecule has 2 aliphatic rings. The first kappa shape index (κ1) is 14.1. The summed E-state index contributed by atoms with van der Waals surface area (Å²) in [5, 5.41) is 11.1. The third-order valence-corrected chi connectivity index (χ3v) is 3.82. The maximum Gasteiger partial charge on any atom is 0.332 e. The second kappa shape index (κ2) is 5.48. The van der Waals surface area contributed by atoms with Crippen LogP contribution in [0.1, 0.15) is 19.3 Å². The second-order valence-corrected chi connectivity index (χ2v) is 5.24. The summed E-state index contributed by atoms with van der Waals surface area (Å²) in [5.74, 6) is -0.651. The number of nitriles is 1. The predicted molar refractivity (Wildman–Crippen MR) is 77.9 cm³/mol. The molecule has 1 N–H and O–H groups in total. The third-order valence-electron chi connectivity index (χ3n) is 3.82. The molecule has 1 unspecified atom stereocenters. The molecule has 0 saturated carbocycles. The average Bonchev–Trinajstić information content (AvgIpc) is 3.04. The quantitative estimate of drug-likeness (QED) is 0.855. The van der Waals surface area contributed by atoms with Crippen LogP contribution in [0.25, 0.3) is 0 Å². The van der Waals surface area contributed by atoms with Gasteiger partial charge in [-0.3, -0.25) is 9.59 Å². The summed E-state index contributed by atoms with van der Waals surface area (Å²) in [6.07, 6.45) is 1.29. The minimum absolute atomic E-state index is 0.219. The summed E-state index contributed by atoms with van der Waals surface area (Å²) < 4.78 is 0. The van der Waals surface area contributed by atoms with E-state index in [0.29, 0.717) is 24.3 Å². The van der Waals surface area contributed by atoms with Crippen molar-refractivity contribution in [3.63, 3.8) is 0 Å². The summed E-state index contributed by atoms with van der Waals surface area (Å²) in [6, 6.07) is 7.60. The predicted octanol–water partition coefficient (Wildman–Crippen LogP) is 1.47. The van der Waals surface area contributed by atoms with E-state index in [1.54, 1.807) is 35.2 Å². The van der Waals surface area contributed by atoms with Crippen molar-refractivity contribution in [2.45, 2.75) is 25.3 Å². The molecule has 2 heterocycles. The van der Waals surface area contributed by atoms with Gasteiger partial charge in [-0.2, -0.15) is 5.26 Å². The number of carbonyl (C=O) groups excluding carboxylic acids is 3. The lowest BCUT2D eigenvalue weighted by Gasteiger charge is -2.16. The molecular formula is C15H14N4O3. The van der Waals surface area contributed by atoms with Crippen molar-refractivity contribution in [1.82, 2.24) is 4.90 Å². The molecule has 2 saturated heterocycles. The van der Waals surface area contributed by atoms with Crippen molar-refractivity contribution in [2.24, 2.45) is 0 Å². The molecule has 4 amide bonds. The van der Waals surface area contributed by atoms with E-state index in [9.17, 15) is 14.4 Å². The smallest absolute Gasteiger partial charge is 0.325 e. The number of hydrogen-bond acceptors (Lipinski definition) is 4. The summed E-state index contributed by atoms with van der Waals surface area (Å²) in [4.78, 5) is 38.9. The zero-order valence-corrected chi connectivity index (χ0v) is 11.8. The molecule has 1 atom stereocenters. The number of fused-ring (bicyclic) bond motifs is 1. The summed E-state index contributed by atoms with van der Waals surface area (Å²) >= 11 is 0. The lowest BCUT2D eigenvalue weighted by molar-refractivity contribution is -0.119. The molecule has 7 heteroatoms. The fourth-order valence-corrected chi connectivity index (χ4v) is 2.86. The van der Waals surface area contributed by atoms with Gasteiger partial charge in [0.25, 0.3) is 5.91 Å². The van der Waals surface area contributed by atoms with Gasteiger partial charge in [0, 0.05) is 12.2 Å². The number of rotatable bonds is 3. The normalized spacial score (nSPS) is 20.0. The van der Waals surface area contributed by atoms with E-state index in [-0.39, 0.29) is 24.4 Å². The highest BCUT2D eigenvalue weighted by Crippen LogP contribution is 2.32. The van der Waals surface area contributed by atoms with Crippen molar-refractivity contribution >= 4 is 29.2 Å². The molecule has 112 valence electrons. The number of hydrogen-bond donors (Lipinski definition) is 1. The maximum absolute atomic E-state index is 12.4. The first-order chi connectivity index (χ1) is 10.6. The van der Waals surface area contributed by atoms with Gasteiger partial charge in [-0.15, -0.1) is 0 Å².